The number of hydrogen-bond donors (Lipinski definition) is 0. The molecule has 4 fully saturated rings. The Morgan fingerprint density at radius 2 is 0.897 bits per heavy atom. The van der Waals surface area contributed by atoms with Crippen molar-refractivity contribution < 1.29 is 18.9 Å². The van der Waals surface area contributed by atoms with Gasteiger partial charge >= 0.3 is 0 Å². The third-order valence-electron chi connectivity index (χ3n) is 9.96. The molecule has 6 unspecified atom stereocenters. The quantitative estimate of drug-likeness (QED) is 0.122. The molecular weight excluding hydrogens is 504 g/mol. The Kier molecular flexibility index (Phi) is 16.6. The topological polar surface area (TPSA) is 36.9 Å². The van der Waals surface area contributed by atoms with Crippen LogP contribution in [0.15, 0.2) is 0 Å². The van der Waals surface area contributed by atoms with E-state index in [9.17, 15) is 0 Å². The molecular formula is C34H62O4S. The van der Waals surface area contributed by atoms with Crippen LogP contribution in [0.4, 0.5) is 0 Å². The van der Waals surface area contributed by atoms with Gasteiger partial charge in [0.25, 0.3) is 0 Å². The Morgan fingerprint density at radius 3 is 1.31 bits per heavy atom. The van der Waals surface area contributed by atoms with E-state index in [1.807, 2.05) is 0 Å². The van der Waals surface area contributed by atoms with Crippen LogP contribution in [0.1, 0.15) is 141 Å². The lowest BCUT2D eigenvalue weighted by molar-refractivity contribution is 0.0543. The van der Waals surface area contributed by atoms with Crippen LogP contribution in [-0.4, -0.2) is 62.3 Å². The van der Waals surface area contributed by atoms with Gasteiger partial charge in [0.15, 0.2) is 0 Å². The molecule has 0 radical (unpaired) electrons. The summed E-state index contributed by atoms with van der Waals surface area (Å²) in [5, 5.41) is 0. The molecule has 4 rings (SSSR count). The average molecular weight is 567 g/mol. The van der Waals surface area contributed by atoms with E-state index < -0.39 is 0 Å². The van der Waals surface area contributed by atoms with Gasteiger partial charge in [-0.15, -0.1) is 0 Å². The summed E-state index contributed by atoms with van der Waals surface area (Å²) in [7, 11) is 0. The number of hydrogen-bond acceptors (Lipinski definition) is 5. The van der Waals surface area contributed by atoms with Crippen LogP contribution >= 0.6 is 11.8 Å². The first kappa shape index (κ1) is 32.1. The fourth-order valence-corrected chi connectivity index (χ4v) is 8.58. The molecule has 0 saturated carbocycles. The predicted molar refractivity (Wildman–Crippen MR) is 165 cm³/mol. The molecule has 5 heteroatoms. The third kappa shape index (κ3) is 12.9. The average Bonchev–Trinajstić information content (AvgIpc) is 3.78. The lowest BCUT2D eigenvalue weighted by Gasteiger charge is -2.24. The summed E-state index contributed by atoms with van der Waals surface area (Å²) >= 11 is 2.21. The van der Waals surface area contributed by atoms with Gasteiger partial charge in [0.05, 0.1) is 24.4 Å². The van der Waals surface area contributed by atoms with Crippen LogP contribution in [0.3, 0.4) is 0 Å². The second-order valence-electron chi connectivity index (χ2n) is 13.1. The molecule has 4 saturated heterocycles. The highest BCUT2D eigenvalue weighted by Gasteiger charge is 2.26. The van der Waals surface area contributed by atoms with E-state index in [0.717, 1.165) is 38.3 Å². The molecule has 4 heterocycles. The molecule has 0 aromatic rings. The lowest BCUT2D eigenvalue weighted by Crippen LogP contribution is -2.20. The molecule has 4 nitrogen and oxygen atoms in total. The molecule has 6 atom stereocenters. The van der Waals surface area contributed by atoms with Gasteiger partial charge in [-0.3, -0.25) is 0 Å². The van der Waals surface area contributed by atoms with E-state index in [0.29, 0.717) is 24.4 Å². The second-order valence-corrected chi connectivity index (χ2v) is 14.3. The summed E-state index contributed by atoms with van der Waals surface area (Å²) in [6.45, 7) is 3.98. The van der Waals surface area contributed by atoms with Crippen molar-refractivity contribution in [1.82, 2.24) is 0 Å². The molecule has 0 aliphatic carbocycles. The normalized spacial score (nSPS) is 28.9. The minimum Gasteiger partial charge on any atom is -0.378 e. The van der Waals surface area contributed by atoms with E-state index in [2.05, 4.69) is 11.8 Å². The molecule has 4 aliphatic rings. The fraction of sp³-hybridized carbons (Fsp3) is 1.00. The van der Waals surface area contributed by atoms with Gasteiger partial charge in [0, 0.05) is 26.4 Å². The summed E-state index contributed by atoms with van der Waals surface area (Å²) in [6, 6.07) is 0. The van der Waals surface area contributed by atoms with Crippen molar-refractivity contribution in [3.05, 3.63) is 0 Å². The Morgan fingerprint density at radius 1 is 0.462 bits per heavy atom. The van der Waals surface area contributed by atoms with Gasteiger partial charge in [-0.05, 0) is 126 Å². The Bertz CT molecular complexity index is 530. The van der Waals surface area contributed by atoms with Gasteiger partial charge < -0.3 is 18.9 Å². The Balaban J connectivity index is 1.02. The highest BCUT2D eigenvalue weighted by atomic mass is 32.2. The van der Waals surface area contributed by atoms with Gasteiger partial charge in [0.2, 0.25) is 0 Å². The molecule has 0 bridgehead atoms. The molecule has 39 heavy (non-hydrogen) atoms. The molecule has 0 N–H and O–H groups in total. The van der Waals surface area contributed by atoms with E-state index in [1.54, 1.807) is 0 Å². The van der Waals surface area contributed by atoms with Crippen LogP contribution in [0, 0.1) is 11.8 Å². The van der Waals surface area contributed by atoms with Crippen molar-refractivity contribution in [3.63, 3.8) is 0 Å². The largest absolute Gasteiger partial charge is 0.378 e. The summed E-state index contributed by atoms with van der Waals surface area (Å²) < 4.78 is 23.9. The van der Waals surface area contributed by atoms with E-state index >= 15 is 0 Å². The molecule has 0 aromatic carbocycles. The highest BCUT2D eigenvalue weighted by molar-refractivity contribution is 7.99. The summed E-state index contributed by atoms with van der Waals surface area (Å²) in [6.07, 6.45) is 31.5. The van der Waals surface area contributed by atoms with Gasteiger partial charge in [-0.25, -0.2) is 0 Å². The van der Waals surface area contributed by atoms with Crippen molar-refractivity contribution in [2.24, 2.45) is 11.8 Å². The summed E-state index contributed by atoms with van der Waals surface area (Å²) in [4.78, 5) is 0. The summed E-state index contributed by atoms with van der Waals surface area (Å²) in [5.74, 6) is 4.24. The molecule has 0 spiro atoms. The number of unbranched alkanes of at least 4 members (excludes halogenated alkanes) is 4. The van der Waals surface area contributed by atoms with E-state index in [1.165, 1.54) is 153 Å². The van der Waals surface area contributed by atoms with Crippen LogP contribution in [0.25, 0.3) is 0 Å². The van der Waals surface area contributed by atoms with E-state index in [4.69, 9.17) is 18.9 Å². The first-order chi connectivity index (χ1) is 19.4. The minimum atomic E-state index is 0.547. The van der Waals surface area contributed by atoms with Crippen LogP contribution in [0.5, 0.6) is 0 Å². The fourth-order valence-electron chi connectivity index (χ4n) is 7.63. The zero-order valence-corrected chi connectivity index (χ0v) is 26.1. The summed E-state index contributed by atoms with van der Waals surface area (Å²) in [5.41, 5.74) is 0. The lowest BCUT2D eigenvalue weighted by atomic mass is 9.89. The highest BCUT2D eigenvalue weighted by Crippen LogP contribution is 2.31. The van der Waals surface area contributed by atoms with Gasteiger partial charge in [-0.1, -0.05) is 38.5 Å². The van der Waals surface area contributed by atoms with Crippen molar-refractivity contribution in [2.45, 2.75) is 166 Å². The van der Waals surface area contributed by atoms with Crippen LogP contribution < -0.4 is 0 Å². The van der Waals surface area contributed by atoms with Gasteiger partial charge in [0.1, 0.15) is 0 Å². The molecule has 228 valence electrons. The molecule has 0 amide bonds. The number of rotatable bonds is 22. The zero-order valence-electron chi connectivity index (χ0n) is 25.3. The Hall–Kier alpha value is 0.190. The smallest absolute Gasteiger partial charge is 0.0604 e. The molecule has 0 aromatic heterocycles. The maximum Gasteiger partial charge on any atom is 0.0604 e. The monoisotopic (exact) mass is 566 g/mol. The SMILES string of the molecule is C(CCC1CCCO1)CCC(CCCSCCCC(CCCCCC1CCCO1)C1CCCO1)C1CCCO1. The van der Waals surface area contributed by atoms with Gasteiger partial charge in [-0.2, -0.15) is 11.8 Å². The van der Waals surface area contributed by atoms with Crippen LogP contribution in [0.2, 0.25) is 0 Å². The maximum absolute atomic E-state index is 6.15. The zero-order chi connectivity index (χ0) is 26.8. The number of ether oxygens (including phenoxy) is 4. The predicted octanol–water partition coefficient (Wildman–Crippen LogP) is 9.13. The standard InChI is InChI=1S/C34H62O4S/c1(5-17-31-19-7-23-35-31)3-13-29(33-21-9-25-37-33)15-11-27-39-28-12-16-30(34-22-10-26-38-34)14-4-2-6-18-32-20-8-24-36-32/h29-34H,1-28H2. The van der Waals surface area contributed by atoms with Crippen LogP contribution in [-0.2, 0) is 18.9 Å². The van der Waals surface area contributed by atoms with Crippen molar-refractivity contribution in [1.29, 1.82) is 0 Å². The first-order valence-corrected chi connectivity index (χ1v) is 18.6. The van der Waals surface area contributed by atoms with Crippen molar-refractivity contribution in [2.75, 3.05) is 37.9 Å². The minimum absolute atomic E-state index is 0.547. The van der Waals surface area contributed by atoms with Crippen molar-refractivity contribution >= 4 is 11.8 Å². The van der Waals surface area contributed by atoms with Crippen molar-refractivity contribution in [3.8, 4) is 0 Å². The molecule has 4 aliphatic heterocycles. The maximum atomic E-state index is 6.15. The van der Waals surface area contributed by atoms with E-state index in [-0.39, 0.29) is 0 Å². The number of thioether (sulfide) groups is 1. The third-order valence-corrected chi connectivity index (χ3v) is 11.1. The second kappa shape index (κ2) is 20.2. The Labute approximate surface area is 245 Å². The first-order valence-electron chi connectivity index (χ1n) is 17.4.